The number of benzene rings is 2. The number of aryl methyl sites for hydroxylation is 1. The molecule has 9 heteroatoms. The van der Waals surface area contributed by atoms with Crippen molar-refractivity contribution < 1.29 is 19.1 Å². The number of carbonyl (C=O) groups excluding carboxylic acids is 1. The first-order valence-corrected chi connectivity index (χ1v) is 10.6. The van der Waals surface area contributed by atoms with E-state index in [-0.39, 0.29) is 11.5 Å². The molecular weight excluding hydrogens is 459 g/mol. The maximum absolute atomic E-state index is 12.3. The molecule has 0 unspecified atom stereocenters. The average Bonchev–Trinajstić information content (AvgIpc) is 3.32. The van der Waals surface area contributed by atoms with Crippen molar-refractivity contribution >= 4 is 63.8 Å². The molecule has 4 rings (SSSR count). The van der Waals surface area contributed by atoms with Crippen molar-refractivity contribution in [2.24, 2.45) is 4.99 Å². The molecule has 3 aromatic rings. The van der Waals surface area contributed by atoms with Crippen LogP contribution in [0.5, 0.6) is 0 Å². The highest BCUT2D eigenvalue weighted by Gasteiger charge is 2.24. The molecule has 156 valence electrons. The number of carboxylic acid groups (broad SMARTS) is 1. The molecule has 0 bridgehead atoms. The fourth-order valence-electron chi connectivity index (χ4n) is 2.84. The second-order valence-electron chi connectivity index (χ2n) is 6.61. The minimum Gasteiger partial charge on any atom is -0.478 e. The number of aromatic carboxylic acids is 1. The number of thioether (sulfide) groups is 1. The summed E-state index contributed by atoms with van der Waals surface area (Å²) in [7, 11) is 0. The predicted molar refractivity (Wildman–Crippen MR) is 123 cm³/mol. The molecule has 1 saturated heterocycles. The number of amides is 1. The topological polar surface area (TPSA) is 91.9 Å². The zero-order valence-electron chi connectivity index (χ0n) is 16.0. The smallest absolute Gasteiger partial charge is 0.335 e. The summed E-state index contributed by atoms with van der Waals surface area (Å²) >= 11 is 13.4. The molecule has 1 aliphatic heterocycles. The van der Waals surface area contributed by atoms with Crippen LogP contribution in [0, 0.1) is 6.92 Å². The molecule has 1 amide bonds. The minimum absolute atomic E-state index is 0.0959. The molecule has 2 heterocycles. The van der Waals surface area contributed by atoms with Crippen LogP contribution in [0.25, 0.3) is 17.4 Å². The first-order valence-electron chi connectivity index (χ1n) is 8.99. The number of furan rings is 1. The first-order chi connectivity index (χ1) is 14.8. The average molecular weight is 473 g/mol. The summed E-state index contributed by atoms with van der Waals surface area (Å²) < 4.78 is 5.78. The third kappa shape index (κ3) is 4.69. The van der Waals surface area contributed by atoms with Crippen molar-refractivity contribution in [1.29, 1.82) is 0 Å². The molecule has 0 aliphatic carbocycles. The van der Waals surface area contributed by atoms with Gasteiger partial charge in [0.15, 0.2) is 5.17 Å². The number of halogens is 2. The van der Waals surface area contributed by atoms with Crippen LogP contribution in [0.3, 0.4) is 0 Å². The van der Waals surface area contributed by atoms with Crippen LogP contribution in [0.1, 0.15) is 21.7 Å². The van der Waals surface area contributed by atoms with E-state index in [0.29, 0.717) is 42.9 Å². The van der Waals surface area contributed by atoms with Gasteiger partial charge in [-0.1, -0.05) is 29.3 Å². The van der Waals surface area contributed by atoms with E-state index in [4.69, 9.17) is 27.6 Å². The Kier molecular flexibility index (Phi) is 5.91. The summed E-state index contributed by atoms with van der Waals surface area (Å²) in [4.78, 5) is 28.4. The van der Waals surface area contributed by atoms with Crippen LogP contribution >= 0.6 is 35.0 Å². The molecule has 31 heavy (non-hydrogen) atoms. The lowest BCUT2D eigenvalue weighted by Gasteiger charge is -2.02. The van der Waals surface area contributed by atoms with Gasteiger partial charge in [0.05, 0.1) is 21.2 Å². The Morgan fingerprint density at radius 3 is 2.74 bits per heavy atom. The minimum atomic E-state index is -1.06. The lowest BCUT2D eigenvalue weighted by molar-refractivity contribution is -0.115. The molecule has 1 aromatic heterocycles. The van der Waals surface area contributed by atoms with Crippen LogP contribution in [0.15, 0.2) is 62.8 Å². The lowest BCUT2D eigenvalue weighted by atomic mass is 10.1. The second-order valence-corrected chi connectivity index (χ2v) is 8.49. The highest BCUT2D eigenvalue weighted by atomic mass is 35.5. The maximum atomic E-state index is 12.3. The van der Waals surface area contributed by atoms with Gasteiger partial charge in [0.25, 0.3) is 5.91 Å². The molecule has 6 nitrogen and oxygen atoms in total. The summed E-state index contributed by atoms with van der Waals surface area (Å²) in [6.45, 7) is 1.91. The van der Waals surface area contributed by atoms with E-state index in [0.717, 1.165) is 5.56 Å². The Hall–Kier alpha value is -3.00. The van der Waals surface area contributed by atoms with Crippen molar-refractivity contribution in [3.63, 3.8) is 0 Å². The summed E-state index contributed by atoms with van der Waals surface area (Å²) in [5.74, 6) is -0.545. The molecular formula is C22H14Cl2N2O4S. The Morgan fingerprint density at radius 2 is 1.97 bits per heavy atom. The van der Waals surface area contributed by atoms with Gasteiger partial charge in [-0.05, 0) is 66.7 Å². The van der Waals surface area contributed by atoms with Gasteiger partial charge < -0.3 is 14.8 Å². The van der Waals surface area contributed by atoms with Gasteiger partial charge in [0.2, 0.25) is 0 Å². The van der Waals surface area contributed by atoms with Crippen molar-refractivity contribution in [1.82, 2.24) is 5.32 Å². The Labute approximate surface area is 191 Å². The molecule has 0 spiro atoms. The first kappa shape index (κ1) is 21.2. The van der Waals surface area contributed by atoms with Crippen molar-refractivity contribution in [3.05, 3.63) is 80.4 Å². The molecule has 2 N–H and O–H groups in total. The molecule has 0 radical (unpaired) electrons. The zero-order chi connectivity index (χ0) is 22.1. The van der Waals surface area contributed by atoms with E-state index in [1.54, 1.807) is 30.3 Å². The highest BCUT2D eigenvalue weighted by molar-refractivity contribution is 8.18. The number of carbonyl (C=O) groups is 2. The molecule has 1 fully saturated rings. The molecule has 2 aromatic carbocycles. The van der Waals surface area contributed by atoms with E-state index in [1.807, 2.05) is 13.0 Å². The van der Waals surface area contributed by atoms with Gasteiger partial charge >= 0.3 is 5.97 Å². The van der Waals surface area contributed by atoms with Gasteiger partial charge in [-0.15, -0.1) is 0 Å². The van der Waals surface area contributed by atoms with E-state index < -0.39 is 5.97 Å². The third-order valence-corrected chi connectivity index (χ3v) is 5.90. The SMILES string of the molecule is Cc1ccc(Cl)cc1N=C1NC(=O)/C(=C/c2ccc(-c3cc(C(=O)O)ccc3Cl)o2)S1. The lowest BCUT2D eigenvalue weighted by Crippen LogP contribution is -2.19. The summed E-state index contributed by atoms with van der Waals surface area (Å²) in [6, 6.07) is 13.1. The largest absolute Gasteiger partial charge is 0.478 e. The predicted octanol–water partition coefficient (Wildman–Crippen LogP) is 6.15. The number of carboxylic acids is 1. The number of rotatable bonds is 4. The second kappa shape index (κ2) is 8.63. The Balaban J connectivity index is 1.59. The fraction of sp³-hybridized carbons (Fsp3) is 0.0455. The number of aliphatic imine (C=N–C) groups is 1. The quantitative estimate of drug-likeness (QED) is 0.444. The van der Waals surface area contributed by atoms with Gasteiger partial charge in [0, 0.05) is 16.7 Å². The van der Waals surface area contributed by atoms with Crippen LogP contribution in [-0.2, 0) is 4.79 Å². The standard InChI is InChI=1S/C22H14Cl2N2O4S/c1-11-2-4-13(23)9-17(11)25-22-26-20(27)19(31-22)10-14-5-7-18(30-14)15-8-12(21(28)29)3-6-16(15)24/h2-10H,1H3,(H,28,29)(H,25,26,27)/b19-10-. The maximum Gasteiger partial charge on any atom is 0.335 e. The van der Waals surface area contributed by atoms with E-state index >= 15 is 0 Å². The van der Waals surface area contributed by atoms with Crippen LogP contribution < -0.4 is 5.32 Å². The van der Waals surface area contributed by atoms with E-state index in [1.165, 1.54) is 30.0 Å². The number of hydrogen-bond acceptors (Lipinski definition) is 5. The zero-order valence-corrected chi connectivity index (χ0v) is 18.3. The van der Waals surface area contributed by atoms with Crippen molar-refractivity contribution in [2.75, 3.05) is 0 Å². The molecule has 0 saturated carbocycles. The van der Waals surface area contributed by atoms with Gasteiger partial charge in [-0.25, -0.2) is 9.79 Å². The summed E-state index contributed by atoms with van der Waals surface area (Å²) in [5.41, 5.74) is 2.15. The molecule has 0 atom stereocenters. The van der Waals surface area contributed by atoms with E-state index in [9.17, 15) is 14.7 Å². The Morgan fingerprint density at radius 1 is 1.16 bits per heavy atom. The van der Waals surface area contributed by atoms with Gasteiger partial charge in [0.1, 0.15) is 11.5 Å². The third-order valence-electron chi connectivity index (χ3n) is 4.42. The number of nitrogens with one attached hydrogen (secondary N) is 1. The summed E-state index contributed by atoms with van der Waals surface area (Å²) in [5, 5.41) is 13.3. The number of nitrogens with zero attached hydrogens (tertiary/aromatic N) is 1. The van der Waals surface area contributed by atoms with Crippen molar-refractivity contribution in [2.45, 2.75) is 6.92 Å². The van der Waals surface area contributed by atoms with Crippen LogP contribution in [0.4, 0.5) is 5.69 Å². The summed E-state index contributed by atoms with van der Waals surface area (Å²) in [6.07, 6.45) is 1.59. The normalized spacial score (nSPS) is 16.2. The van der Waals surface area contributed by atoms with Gasteiger partial charge in [-0.3, -0.25) is 4.79 Å². The Bertz CT molecular complexity index is 1280. The monoisotopic (exact) mass is 472 g/mol. The number of hydrogen-bond donors (Lipinski definition) is 2. The number of amidine groups is 1. The van der Waals surface area contributed by atoms with Crippen LogP contribution in [0.2, 0.25) is 10.0 Å². The fourth-order valence-corrected chi connectivity index (χ4v) is 4.04. The van der Waals surface area contributed by atoms with Crippen molar-refractivity contribution in [3.8, 4) is 11.3 Å². The van der Waals surface area contributed by atoms with E-state index in [2.05, 4.69) is 10.3 Å². The van der Waals surface area contributed by atoms with Crippen LogP contribution in [-0.4, -0.2) is 22.2 Å². The molecule has 1 aliphatic rings. The van der Waals surface area contributed by atoms with Gasteiger partial charge in [-0.2, -0.15) is 0 Å². The highest BCUT2D eigenvalue weighted by Crippen LogP contribution is 2.33.